The summed E-state index contributed by atoms with van der Waals surface area (Å²) in [7, 11) is 1.60. The summed E-state index contributed by atoms with van der Waals surface area (Å²) in [6.07, 6.45) is 0. The van der Waals surface area contributed by atoms with Crippen LogP contribution in [0.3, 0.4) is 0 Å². The van der Waals surface area contributed by atoms with Crippen molar-refractivity contribution in [2.45, 2.75) is 13.1 Å². The largest absolute Gasteiger partial charge is 0.497 e. The zero-order valence-electron chi connectivity index (χ0n) is 18.3. The van der Waals surface area contributed by atoms with E-state index in [9.17, 15) is 9.59 Å². The summed E-state index contributed by atoms with van der Waals surface area (Å²) in [6, 6.07) is 19.6. The summed E-state index contributed by atoms with van der Waals surface area (Å²) in [5.74, 6) is 1.70. The van der Waals surface area contributed by atoms with Crippen molar-refractivity contribution >= 4 is 28.4 Å². The molecule has 0 radical (unpaired) electrons. The highest BCUT2D eigenvalue weighted by Crippen LogP contribution is 2.35. The van der Waals surface area contributed by atoms with Crippen molar-refractivity contribution < 1.29 is 19.0 Å². The van der Waals surface area contributed by atoms with Crippen LogP contribution in [0.1, 0.15) is 21.5 Å². The predicted molar refractivity (Wildman–Crippen MR) is 129 cm³/mol. The Morgan fingerprint density at radius 2 is 1.79 bits per heavy atom. The molecule has 1 N–H and O–H groups in total. The Kier molecular flexibility index (Phi) is 5.86. The van der Waals surface area contributed by atoms with Gasteiger partial charge in [-0.3, -0.25) is 9.59 Å². The van der Waals surface area contributed by atoms with E-state index in [4.69, 9.17) is 25.8 Å². The molecule has 0 atom stereocenters. The summed E-state index contributed by atoms with van der Waals surface area (Å²) in [6.45, 7) is 0.553. The fourth-order valence-corrected chi connectivity index (χ4v) is 4.11. The normalized spacial score (nSPS) is 12.1. The van der Waals surface area contributed by atoms with E-state index in [0.29, 0.717) is 39.7 Å². The van der Waals surface area contributed by atoms with E-state index in [2.05, 4.69) is 4.98 Å². The number of fused-ring (bicyclic) bond motifs is 2. The van der Waals surface area contributed by atoms with Gasteiger partial charge in [0.2, 0.25) is 6.79 Å². The molecule has 7 nitrogen and oxygen atoms in total. The number of nitrogens with one attached hydrogen (secondary N) is 1. The lowest BCUT2D eigenvalue weighted by atomic mass is 10.1. The van der Waals surface area contributed by atoms with E-state index in [1.165, 1.54) is 0 Å². The predicted octanol–water partition coefficient (Wildman–Crippen LogP) is 4.76. The lowest BCUT2D eigenvalue weighted by Crippen LogP contribution is -2.32. The summed E-state index contributed by atoms with van der Waals surface area (Å²) in [5, 5.41) is 1.26. The first-order chi connectivity index (χ1) is 16.5. The number of aromatic amines is 1. The first-order valence-corrected chi connectivity index (χ1v) is 11.0. The third kappa shape index (κ3) is 4.43. The fourth-order valence-electron chi connectivity index (χ4n) is 3.92. The second-order valence-electron chi connectivity index (χ2n) is 7.94. The van der Waals surface area contributed by atoms with Crippen LogP contribution in [-0.4, -0.2) is 29.7 Å². The van der Waals surface area contributed by atoms with Gasteiger partial charge in [0.1, 0.15) is 5.75 Å². The molecule has 8 heteroatoms. The van der Waals surface area contributed by atoms with Crippen LogP contribution in [-0.2, 0) is 13.1 Å². The highest BCUT2D eigenvalue weighted by atomic mass is 35.5. The number of rotatable bonds is 6. The number of H-pyrrole nitrogens is 1. The molecule has 2 heterocycles. The van der Waals surface area contributed by atoms with E-state index in [-0.39, 0.29) is 24.8 Å². The van der Waals surface area contributed by atoms with Gasteiger partial charge in [0.25, 0.3) is 11.5 Å². The van der Waals surface area contributed by atoms with E-state index in [1.54, 1.807) is 48.4 Å². The number of aromatic nitrogens is 1. The van der Waals surface area contributed by atoms with Gasteiger partial charge in [0.15, 0.2) is 11.5 Å². The van der Waals surface area contributed by atoms with Gasteiger partial charge in [-0.2, -0.15) is 0 Å². The number of pyridine rings is 1. The maximum Gasteiger partial charge on any atom is 0.254 e. The Morgan fingerprint density at radius 1 is 1.03 bits per heavy atom. The summed E-state index contributed by atoms with van der Waals surface area (Å²) < 4.78 is 16.1. The molecule has 172 valence electrons. The van der Waals surface area contributed by atoms with Crippen LogP contribution in [0, 0.1) is 0 Å². The molecule has 4 aromatic rings. The van der Waals surface area contributed by atoms with Gasteiger partial charge in [-0.1, -0.05) is 29.8 Å². The third-order valence-electron chi connectivity index (χ3n) is 5.67. The van der Waals surface area contributed by atoms with Crippen LogP contribution in [0.4, 0.5) is 0 Å². The van der Waals surface area contributed by atoms with Crippen molar-refractivity contribution in [1.29, 1.82) is 0 Å². The number of methoxy groups -OCH3 is 1. The molecule has 0 saturated heterocycles. The molecule has 5 rings (SSSR count). The van der Waals surface area contributed by atoms with E-state index in [1.807, 2.05) is 30.3 Å². The zero-order chi connectivity index (χ0) is 23.7. The second-order valence-corrected chi connectivity index (χ2v) is 8.37. The highest BCUT2D eigenvalue weighted by Gasteiger charge is 2.20. The van der Waals surface area contributed by atoms with Crippen LogP contribution in [0.5, 0.6) is 17.2 Å². The molecule has 34 heavy (non-hydrogen) atoms. The molecule has 0 bridgehead atoms. The molecule has 1 aliphatic heterocycles. The number of amides is 1. The zero-order valence-corrected chi connectivity index (χ0v) is 19.1. The quantitative estimate of drug-likeness (QED) is 0.434. The van der Waals surface area contributed by atoms with E-state index in [0.717, 1.165) is 16.7 Å². The maximum atomic E-state index is 13.5. The highest BCUT2D eigenvalue weighted by molar-refractivity contribution is 6.30. The Balaban J connectivity index is 1.50. The number of carbonyl (C=O) groups is 1. The maximum absolute atomic E-state index is 13.5. The molecular formula is C26H21ClN2O5. The Bertz CT molecular complexity index is 1430. The van der Waals surface area contributed by atoms with Crippen LogP contribution in [0.25, 0.3) is 10.9 Å². The summed E-state index contributed by atoms with van der Waals surface area (Å²) in [4.78, 5) is 30.9. The number of nitrogens with zero attached hydrogens (tertiary/aromatic N) is 1. The SMILES string of the molecule is COc1ccc(CN(Cc2cc3cc4c(cc3[nH]c2=O)OCO4)C(=O)c2cccc(Cl)c2)cc1. The monoisotopic (exact) mass is 476 g/mol. The Hall–Kier alpha value is -3.97. The minimum absolute atomic E-state index is 0.108. The molecule has 1 aliphatic rings. The van der Waals surface area contributed by atoms with Crippen LogP contribution in [0.15, 0.2) is 71.5 Å². The van der Waals surface area contributed by atoms with Crippen molar-refractivity contribution in [3.63, 3.8) is 0 Å². The van der Waals surface area contributed by atoms with Crippen molar-refractivity contribution in [2.24, 2.45) is 0 Å². The fraction of sp³-hybridized carbons (Fsp3) is 0.154. The van der Waals surface area contributed by atoms with E-state index >= 15 is 0 Å². The molecule has 0 unspecified atom stereocenters. The molecule has 0 aliphatic carbocycles. The smallest absolute Gasteiger partial charge is 0.254 e. The van der Waals surface area contributed by atoms with Crippen molar-refractivity contribution in [1.82, 2.24) is 9.88 Å². The average molecular weight is 477 g/mol. The van der Waals surface area contributed by atoms with E-state index < -0.39 is 0 Å². The number of hydrogen-bond acceptors (Lipinski definition) is 5. The standard InChI is InChI=1S/C26H21ClN2O5/c1-32-21-7-5-16(6-8-21)13-29(26(31)17-3-2-4-20(27)10-17)14-19-9-18-11-23-24(34-15-33-23)12-22(18)28-25(19)30/h2-12H,13-15H2,1H3,(H,28,30). The van der Waals surface area contributed by atoms with Crippen molar-refractivity contribution in [3.8, 4) is 17.2 Å². The molecule has 3 aromatic carbocycles. The molecule has 0 saturated carbocycles. The number of halogens is 1. The molecule has 1 amide bonds. The minimum Gasteiger partial charge on any atom is -0.497 e. The van der Waals surface area contributed by atoms with Crippen molar-refractivity contribution in [3.05, 3.63) is 98.8 Å². The van der Waals surface area contributed by atoms with Crippen LogP contribution >= 0.6 is 11.6 Å². The van der Waals surface area contributed by atoms with Gasteiger partial charge >= 0.3 is 0 Å². The lowest BCUT2D eigenvalue weighted by Gasteiger charge is -2.23. The third-order valence-corrected chi connectivity index (χ3v) is 5.90. The van der Waals surface area contributed by atoms with Gasteiger partial charge in [0, 0.05) is 34.1 Å². The molecule has 0 fully saturated rings. The number of hydrogen-bond donors (Lipinski definition) is 1. The minimum atomic E-state index is -0.273. The Labute approximate surface area is 200 Å². The van der Waals surface area contributed by atoms with Gasteiger partial charge < -0.3 is 24.1 Å². The summed E-state index contributed by atoms with van der Waals surface area (Å²) in [5.41, 5.74) is 2.17. The molecule has 0 spiro atoms. The van der Waals surface area contributed by atoms with Gasteiger partial charge in [-0.25, -0.2) is 0 Å². The van der Waals surface area contributed by atoms with Crippen LogP contribution in [0.2, 0.25) is 5.02 Å². The van der Waals surface area contributed by atoms with Crippen LogP contribution < -0.4 is 19.8 Å². The molecule has 1 aromatic heterocycles. The second kappa shape index (κ2) is 9.11. The number of ether oxygens (including phenoxy) is 3. The lowest BCUT2D eigenvalue weighted by molar-refractivity contribution is 0.0729. The number of benzene rings is 3. The average Bonchev–Trinajstić information content (AvgIpc) is 3.30. The summed E-state index contributed by atoms with van der Waals surface area (Å²) >= 11 is 6.12. The topological polar surface area (TPSA) is 80.9 Å². The first-order valence-electron chi connectivity index (χ1n) is 10.6. The Morgan fingerprint density at radius 3 is 2.53 bits per heavy atom. The number of carbonyl (C=O) groups excluding carboxylic acids is 1. The van der Waals surface area contributed by atoms with Crippen molar-refractivity contribution in [2.75, 3.05) is 13.9 Å². The van der Waals surface area contributed by atoms with Gasteiger partial charge in [-0.05, 0) is 48.0 Å². The first kappa shape index (κ1) is 21.9. The van der Waals surface area contributed by atoms with Gasteiger partial charge in [-0.15, -0.1) is 0 Å². The molecular weight excluding hydrogens is 456 g/mol. The van der Waals surface area contributed by atoms with Gasteiger partial charge in [0.05, 0.1) is 19.2 Å².